The molecule has 0 radical (unpaired) electrons. The van der Waals surface area contributed by atoms with E-state index in [9.17, 15) is 35.4 Å². The van der Waals surface area contributed by atoms with E-state index in [1.165, 1.54) is 13.8 Å². The van der Waals surface area contributed by atoms with E-state index in [4.69, 9.17) is 24.7 Å². The molecule has 0 aromatic carbocycles. The minimum absolute atomic E-state index is 0.0970. The molecule has 12 nitrogen and oxygen atoms in total. The molecule has 0 aromatic heterocycles. The second-order valence-corrected chi connectivity index (χ2v) is 12.8. The molecule has 0 spiro atoms. The Morgan fingerprint density at radius 1 is 1.00 bits per heavy atom. The van der Waals surface area contributed by atoms with Gasteiger partial charge in [0.2, 0.25) is 0 Å². The van der Waals surface area contributed by atoms with Crippen molar-refractivity contribution in [3.05, 3.63) is 0 Å². The molecule has 222 valence electrons. The van der Waals surface area contributed by atoms with E-state index in [-0.39, 0.29) is 25.0 Å². The number of nitrogens with two attached hydrogens (primary N) is 1. The van der Waals surface area contributed by atoms with Crippen LogP contribution in [0.25, 0.3) is 0 Å². The predicted octanol–water partition coefficient (Wildman–Crippen LogP) is -1.35. The zero-order chi connectivity index (χ0) is 29.0. The number of carbonyl (C=O) groups is 1. The van der Waals surface area contributed by atoms with Crippen LogP contribution in [0.5, 0.6) is 0 Å². The molecule has 12 heteroatoms. The maximum absolute atomic E-state index is 13.2. The summed E-state index contributed by atoms with van der Waals surface area (Å²) in [6.07, 6.45) is -11.0. The summed E-state index contributed by atoms with van der Waals surface area (Å²) in [4.78, 5) is 13.2. The summed E-state index contributed by atoms with van der Waals surface area (Å²) < 4.78 is 23.2. The number of aliphatic hydroxyl groups excluding tert-OH is 5. The Kier molecular flexibility index (Phi) is 9.27. The summed E-state index contributed by atoms with van der Waals surface area (Å²) >= 11 is 0. The highest BCUT2D eigenvalue weighted by atomic mass is 16.7. The topological polar surface area (TPSA) is 201 Å². The van der Waals surface area contributed by atoms with Gasteiger partial charge in [-0.15, -0.1) is 0 Å². The maximum Gasteiger partial charge on any atom is 0.318 e. The van der Waals surface area contributed by atoms with E-state index in [1.54, 1.807) is 20.8 Å². The van der Waals surface area contributed by atoms with Crippen LogP contribution in [0.2, 0.25) is 0 Å². The minimum Gasteiger partial charge on any atom is -0.459 e. The molecule has 38 heavy (non-hydrogen) atoms. The Hall–Kier alpha value is -0.930. The highest BCUT2D eigenvalue weighted by Crippen LogP contribution is 2.46. The van der Waals surface area contributed by atoms with Crippen LogP contribution in [-0.2, 0) is 23.7 Å². The van der Waals surface area contributed by atoms with Gasteiger partial charge in [-0.05, 0) is 52.9 Å². The summed E-state index contributed by atoms with van der Waals surface area (Å²) in [6, 6.07) is 0. The van der Waals surface area contributed by atoms with Crippen molar-refractivity contribution in [2.75, 3.05) is 13.2 Å². The van der Waals surface area contributed by atoms with Gasteiger partial charge in [-0.1, -0.05) is 13.8 Å². The molecule has 14 unspecified atom stereocenters. The average Bonchev–Trinajstić information content (AvgIpc) is 2.80. The number of ether oxygens (including phenoxy) is 4. The molecule has 3 rings (SSSR count). The van der Waals surface area contributed by atoms with Crippen LogP contribution < -0.4 is 5.73 Å². The molecule has 1 aliphatic carbocycles. The van der Waals surface area contributed by atoms with E-state index < -0.39 is 83.6 Å². The van der Waals surface area contributed by atoms with Crippen molar-refractivity contribution in [2.24, 2.45) is 28.9 Å². The van der Waals surface area contributed by atoms with E-state index in [1.807, 2.05) is 13.8 Å². The largest absolute Gasteiger partial charge is 0.459 e. The van der Waals surface area contributed by atoms with Crippen LogP contribution in [0, 0.1) is 23.2 Å². The molecule has 0 bridgehead atoms. The first-order valence-electron chi connectivity index (χ1n) is 13.4. The van der Waals surface area contributed by atoms with Crippen LogP contribution in [0.1, 0.15) is 54.9 Å². The average molecular weight is 550 g/mol. The maximum atomic E-state index is 13.2. The summed E-state index contributed by atoms with van der Waals surface area (Å²) in [5, 5.41) is 65.2. The third-order valence-electron chi connectivity index (χ3n) is 8.66. The highest BCUT2D eigenvalue weighted by molar-refractivity contribution is 5.79. The molecule has 0 aromatic rings. The fourth-order valence-electron chi connectivity index (χ4n) is 6.06. The van der Waals surface area contributed by atoms with Crippen molar-refractivity contribution in [2.45, 2.75) is 121 Å². The zero-order valence-corrected chi connectivity index (χ0v) is 23.4. The van der Waals surface area contributed by atoms with Crippen molar-refractivity contribution in [1.29, 1.82) is 0 Å². The van der Waals surface area contributed by atoms with Crippen molar-refractivity contribution < 1.29 is 54.4 Å². The first-order chi connectivity index (χ1) is 17.4. The summed E-state index contributed by atoms with van der Waals surface area (Å²) in [7, 11) is 0. The van der Waals surface area contributed by atoms with Crippen molar-refractivity contribution in [1.82, 2.24) is 0 Å². The molecular formula is C26H47NO11. The SMILES string of the molecule is CC1CC(C)C(C2OC(CN)C(O)C(O)C2O)C(O)C1OC1OCC(C)(O)C(C)(C(=O)OC(C)(C)C)C1O. The third kappa shape index (κ3) is 5.63. The summed E-state index contributed by atoms with van der Waals surface area (Å²) in [5.74, 6) is -1.94. The predicted molar refractivity (Wildman–Crippen MR) is 133 cm³/mol. The van der Waals surface area contributed by atoms with Crippen LogP contribution in [-0.4, -0.2) is 116 Å². The lowest BCUT2D eigenvalue weighted by Gasteiger charge is -2.53. The summed E-state index contributed by atoms with van der Waals surface area (Å²) in [6.45, 7) is 11.1. The lowest BCUT2D eigenvalue weighted by Crippen LogP contribution is -2.68. The standard InChI is InChI=1S/C26H47NO11/c1-11-8-12(2)19(16(29)14(11)20-18(31)17(30)15(28)13(9-27)36-20)37-22-21(32)26(7,25(6,34)10-35-22)23(33)38-24(3,4)5/h11-22,28-32,34H,8-10,27H2,1-7H3. The van der Waals surface area contributed by atoms with Crippen molar-refractivity contribution in [3.8, 4) is 0 Å². The van der Waals surface area contributed by atoms with Gasteiger partial charge in [0.05, 0.1) is 31.0 Å². The van der Waals surface area contributed by atoms with Crippen LogP contribution in [0.3, 0.4) is 0 Å². The zero-order valence-electron chi connectivity index (χ0n) is 23.4. The van der Waals surface area contributed by atoms with Gasteiger partial charge in [0, 0.05) is 12.5 Å². The van der Waals surface area contributed by atoms with Gasteiger partial charge in [-0.3, -0.25) is 4.79 Å². The molecule has 1 saturated carbocycles. The highest BCUT2D eigenvalue weighted by Gasteiger charge is 2.63. The van der Waals surface area contributed by atoms with Crippen molar-refractivity contribution >= 4 is 5.97 Å². The smallest absolute Gasteiger partial charge is 0.318 e. The quantitative estimate of drug-likeness (QED) is 0.199. The van der Waals surface area contributed by atoms with Gasteiger partial charge >= 0.3 is 5.97 Å². The number of carbonyl (C=O) groups excluding carboxylic acids is 1. The van der Waals surface area contributed by atoms with Crippen LogP contribution in [0.15, 0.2) is 0 Å². The van der Waals surface area contributed by atoms with Crippen LogP contribution in [0.4, 0.5) is 0 Å². The fraction of sp³-hybridized carbons (Fsp3) is 0.962. The fourth-order valence-corrected chi connectivity index (χ4v) is 6.06. The van der Waals surface area contributed by atoms with Crippen molar-refractivity contribution in [3.63, 3.8) is 0 Å². The van der Waals surface area contributed by atoms with Gasteiger partial charge in [0.1, 0.15) is 41.0 Å². The van der Waals surface area contributed by atoms with E-state index in [0.29, 0.717) is 6.42 Å². The van der Waals surface area contributed by atoms with Gasteiger partial charge in [0.15, 0.2) is 6.29 Å². The lowest BCUT2D eigenvalue weighted by atomic mass is 9.67. The molecular weight excluding hydrogens is 502 g/mol. The molecule has 0 amide bonds. The summed E-state index contributed by atoms with van der Waals surface area (Å²) in [5.41, 5.74) is 1.23. The Balaban J connectivity index is 1.85. The molecule has 8 N–H and O–H groups in total. The Morgan fingerprint density at radius 2 is 1.61 bits per heavy atom. The van der Waals surface area contributed by atoms with Gasteiger partial charge in [0.25, 0.3) is 0 Å². The number of hydrogen-bond donors (Lipinski definition) is 7. The molecule has 3 aliphatic rings. The van der Waals surface area contributed by atoms with E-state index in [0.717, 1.165) is 0 Å². The van der Waals surface area contributed by atoms with E-state index >= 15 is 0 Å². The van der Waals surface area contributed by atoms with E-state index in [2.05, 4.69) is 0 Å². The molecule has 2 saturated heterocycles. The number of esters is 1. The lowest BCUT2D eigenvalue weighted by molar-refractivity contribution is -0.333. The minimum atomic E-state index is -1.81. The third-order valence-corrected chi connectivity index (χ3v) is 8.66. The second kappa shape index (κ2) is 11.2. The Morgan fingerprint density at radius 3 is 2.16 bits per heavy atom. The molecule has 2 heterocycles. The number of rotatable bonds is 5. The molecule has 3 fully saturated rings. The van der Waals surface area contributed by atoms with Gasteiger partial charge in [-0.2, -0.15) is 0 Å². The Bertz CT molecular complexity index is 833. The van der Waals surface area contributed by atoms with Gasteiger partial charge in [-0.25, -0.2) is 0 Å². The monoisotopic (exact) mass is 549 g/mol. The number of hydrogen-bond acceptors (Lipinski definition) is 12. The molecule has 2 aliphatic heterocycles. The first kappa shape index (κ1) is 31.6. The normalized spacial score (nSPS) is 50.5. The Labute approximate surface area is 224 Å². The first-order valence-corrected chi connectivity index (χ1v) is 13.4. The number of aliphatic hydroxyl groups is 6. The van der Waals surface area contributed by atoms with Crippen LogP contribution >= 0.6 is 0 Å². The molecule has 14 atom stereocenters. The second-order valence-electron chi connectivity index (χ2n) is 12.8. The van der Waals surface area contributed by atoms with Gasteiger partial charge < -0.3 is 55.3 Å².